The molecule has 1 aromatic carbocycles. The maximum atomic E-state index is 11.9. The monoisotopic (exact) mass is 363 g/mol. The maximum absolute atomic E-state index is 11.9. The predicted molar refractivity (Wildman–Crippen MR) is 99.5 cm³/mol. The van der Waals surface area contributed by atoms with Crippen LogP contribution in [0.3, 0.4) is 0 Å². The van der Waals surface area contributed by atoms with Crippen molar-refractivity contribution in [2.45, 2.75) is 38.6 Å². The van der Waals surface area contributed by atoms with E-state index in [4.69, 9.17) is 9.47 Å². The van der Waals surface area contributed by atoms with Gasteiger partial charge in [-0.15, -0.1) is 0 Å². The molecule has 26 heavy (non-hydrogen) atoms. The van der Waals surface area contributed by atoms with Crippen molar-refractivity contribution in [3.63, 3.8) is 0 Å². The number of benzene rings is 1. The van der Waals surface area contributed by atoms with E-state index in [0.717, 1.165) is 19.3 Å². The van der Waals surface area contributed by atoms with E-state index in [9.17, 15) is 9.59 Å². The van der Waals surface area contributed by atoms with E-state index in [2.05, 4.69) is 22.9 Å². The van der Waals surface area contributed by atoms with Crippen LogP contribution in [0, 0.1) is 5.92 Å². The third kappa shape index (κ3) is 6.46. The van der Waals surface area contributed by atoms with Crippen molar-refractivity contribution >= 4 is 11.9 Å². The topological polar surface area (TPSA) is 88.7 Å². The summed E-state index contributed by atoms with van der Waals surface area (Å²) in [7, 11) is 1.55. The summed E-state index contributed by atoms with van der Waals surface area (Å²) in [4.78, 5) is 23.7. The van der Waals surface area contributed by atoms with Crippen LogP contribution in [0.5, 0.6) is 11.5 Å². The molecule has 1 aliphatic rings. The Bertz CT molecular complexity index is 594. The minimum atomic E-state index is -0.251. The number of carbonyl (C=O) groups is 2. The molecule has 7 heteroatoms. The molecule has 7 nitrogen and oxygen atoms in total. The summed E-state index contributed by atoms with van der Waals surface area (Å²) in [6.45, 7) is 2.79. The minimum absolute atomic E-state index is 0.105. The summed E-state index contributed by atoms with van der Waals surface area (Å²) in [5.74, 6) is 1.36. The van der Waals surface area contributed by atoms with E-state index in [1.807, 2.05) is 12.1 Å². The molecule has 0 aliphatic heterocycles. The van der Waals surface area contributed by atoms with Crippen molar-refractivity contribution in [2.75, 3.05) is 26.8 Å². The van der Waals surface area contributed by atoms with E-state index in [0.29, 0.717) is 30.5 Å². The fourth-order valence-corrected chi connectivity index (χ4v) is 3.06. The van der Waals surface area contributed by atoms with E-state index in [1.165, 1.54) is 6.42 Å². The van der Waals surface area contributed by atoms with Gasteiger partial charge in [0.2, 0.25) is 0 Å². The van der Waals surface area contributed by atoms with Crippen LogP contribution in [0.4, 0.5) is 4.79 Å². The highest BCUT2D eigenvalue weighted by Crippen LogP contribution is 2.25. The average Bonchev–Trinajstić information content (AvgIpc) is 2.65. The molecule has 0 radical (unpaired) electrons. The molecule has 2 rings (SSSR count). The number of urea groups is 1. The van der Waals surface area contributed by atoms with Crippen LogP contribution in [0.25, 0.3) is 0 Å². The standard InChI is InChI=1S/C19H29N3O4/c1-14-7-3-4-8-15(14)22-19(24)21-12-11-20-18(23)13-26-17-10-6-5-9-16(17)25-2/h5-6,9-10,14-15H,3-4,7-8,11-13H2,1-2H3,(H,20,23)(H2,21,22,24). The summed E-state index contributed by atoms with van der Waals surface area (Å²) >= 11 is 0. The molecular formula is C19H29N3O4. The van der Waals surface area contributed by atoms with Gasteiger partial charge in [0.15, 0.2) is 18.1 Å². The zero-order chi connectivity index (χ0) is 18.8. The van der Waals surface area contributed by atoms with Gasteiger partial charge < -0.3 is 25.4 Å². The molecule has 1 aliphatic carbocycles. The zero-order valence-corrected chi connectivity index (χ0v) is 15.5. The Balaban J connectivity index is 1.58. The fourth-order valence-electron chi connectivity index (χ4n) is 3.06. The van der Waals surface area contributed by atoms with Gasteiger partial charge in [-0.3, -0.25) is 4.79 Å². The molecule has 144 valence electrons. The van der Waals surface area contributed by atoms with Gasteiger partial charge >= 0.3 is 6.03 Å². The molecule has 1 aromatic rings. The Morgan fingerprint density at radius 2 is 1.77 bits per heavy atom. The highest BCUT2D eigenvalue weighted by atomic mass is 16.5. The predicted octanol–water partition coefficient (Wildman–Crippen LogP) is 2.07. The first-order chi connectivity index (χ1) is 12.6. The normalized spacial score (nSPS) is 19.3. The Hall–Kier alpha value is -2.44. The molecule has 3 amide bonds. The van der Waals surface area contributed by atoms with Crippen LogP contribution in [-0.4, -0.2) is 44.8 Å². The lowest BCUT2D eigenvalue weighted by Gasteiger charge is -2.29. The summed E-state index contributed by atoms with van der Waals surface area (Å²) < 4.78 is 10.6. The molecule has 0 aromatic heterocycles. The van der Waals surface area contributed by atoms with E-state index < -0.39 is 0 Å². The summed E-state index contributed by atoms with van der Waals surface area (Å²) in [5, 5.41) is 8.50. The zero-order valence-electron chi connectivity index (χ0n) is 15.5. The Labute approximate surface area is 154 Å². The first kappa shape index (κ1) is 19.9. The van der Waals surface area contributed by atoms with Crippen LogP contribution in [0.1, 0.15) is 32.6 Å². The number of ether oxygens (including phenoxy) is 2. The van der Waals surface area contributed by atoms with Gasteiger partial charge in [0.1, 0.15) is 0 Å². The van der Waals surface area contributed by atoms with Gasteiger partial charge in [0.05, 0.1) is 7.11 Å². The molecule has 0 spiro atoms. The van der Waals surface area contributed by atoms with E-state index in [1.54, 1.807) is 19.2 Å². The molecule has 2 atom stereocenters. The van der Waals surface area contributed by atoms with Gasteiger partial charge in [0.25, 0.3) is 5.91 Å². The number of methoxy groups -OCH3 is 1. The van der Waals surface area contributed by atoms with Crippen LogP contribution in [0.15, 0.2) is 24.3 Å². The molecule has 1 fully saturated rings. The summed E-state index contributed by atoms with van der Waals surface area (Å²) in [6, 6.07) is 7.21. The van der Waals surface area contributed by atoms with Crippen molar-refractivity contribution in [2.24, 2.45) is 5.92 Å². The highest BCUT2D eigenvalue weighted by Gasteiger charge is 2.22. The molecule has 3 N–H and O–H groups in total. The molecule has 1 saturated carbocycles. The molecular weight excluding hydrogens is 334 g/mol. The number of nitrogens with one attached hydrogen (secondary N) is 3. The Morgan fingerprint density at radius 3 is 2.50 bits per heavy atom. The third-order valence-electron chi connectivity index (χ3n) is 4.59. The third-order valence-corrected chi connectivity index (χ3v) is 4.59. The summed E-state index contributed by atoms with van der Waals surface area (Å²) in [6.07, 6.45) is 4.60. The smallest absolute Gasteiger partial charge is 0.315 e. The van der Waals surface area contributed by atoms with Crippen LogP contribution < -0.4 is 25.4 Å². The lowest BCUT2D eigenvalue weighted by atomic mass is 9.86. The number of rotatable bonds is 8. The highest BCUT2D eigenvalue weighted by molar-refractivity contribution is 5.78. The summed E-state index contributed by atoms with van der Waals surface area (Å²) in [5.41, 5.74) is 0. The minimum Gasteiger partial charge on any atom is -0.493 e. The van der Waals surface area contributed by atoms with Gasteiger partial charge in [-0.1, -0.05) is 31.9 Å². The number of hydrogen-bond donors (Lipinski definition) is 3. The maximum Gasteiger partial charge on any atom is 0.315 e. The second kappa shape index (κ2) is 10.5. The first-order valence-electron chi connectivity index (χ1n) is 9.17. The number of para-hydroxylation sites is 2. The number of amides is 3. The van der Waals surface area contributed by atoms with Crippen molar-refractivity contribution in [3.05, 3.63) is 24.3 Å². The van der Waals surface area contributed by atoms with Crippen molar-refractivity contribution in [1.29, 1.82) is 0 Å². The van der Waals surface area contributed by atoms with Gasteiger partial charge in [0, 0.05) is 19.1 Å². The van der Waals surface area contributed by atoms with Crippen molar-refractivity contribution in [1.82, 2.24) is 16.0 Å². The van der Waals surface area contributed by atoms with E-state index in [-0.39, 0.29) is 24.6 Å². The van der Waals surface area contributed by atoms with Crippen LogP contribution in [0.2, 0.25) is 0 Å². The lowest BCUT2D eigenvalue weighted by molar-refractivity contribution is -0.123. The number of hydrogen-bond acceptors (Lipinski definition) is 4. The van der Waals surface area contributed by atoms with Crippen LogP contribution in [-0.2, 0) is 4.79 Å². The quantitative estimate of drug-likeness (QED) is 0.617. The van der Waals surface area contributed by atoms with Crippen molar-refractivity contribution < 1.29 is 19.1 Å². The molecule has 0 heterocycles. The van der Waals surface area contributed by atoms with E-state index >= 15 is 0 Å². The second-order valence-corrected chi connectivity index (χ2v) is 6.56. The van der Waals surface area contributed by atoms with Gasteiger partial charge in [-0.25, -0.2) is 4.79 Å². The molecule has 0 bridgehead atoms. The van der Waals surface area contributed by atoms with Gasteiger partial charge in [-0.2, -0.15) is 0 Å². The number of carbonyl (C=O) groups excluding carboxylic acids is 2. The van der Waals surface area contributed by atoms with Gasteiger partial charge in [-0.05, 0) is 30.9 Å². The first-order valence-corrected chi connectivity index (χ1v) is 9.17. The Kier molecular flexibility index (Phi) is 8.05. The average molecular weight is 363 g/mol. The Morgan fingerprint density at radius 1 is 1.08 bits per heavy atom. The second-order valence-electron chi connectivity index (χ2n) is 6.56. The molecule has 2 unspecified atom stereocenters. The van der Waals surface area contributed by atoms with Crippen molar-refractivity contribution in [3.8, 4) is 11.5 Å². The largest absolute Gasteiger partial charge is 0.493 e. The van der Waals surface area contributed by atoms with Crippen LogP contribution >= 0.6 is 0 Å². The fraction of sp³-hybridized carbons (Fsp3) is 0.579. The lowest BCUT2D eigenvalue weighted by Crippen LogP contribution is -2.47. The molecule has 0 saturated heterocycles. The SMILES string of the molecule is COc1ccccc1OCC(=O)NCCNC(=O)NC1CCCCC1C.